The van der Waals surface area contributed by atoms with Gasteiger partial charge in [-0.25, -0.2) is 14.4 Å². The summed E-state index contributed by atoms with van der Waals surface area (Å²) < 4.78 is 16.7. The van der Waals surface area contributed by atoms with Gasteiger partial charge in [0.15, 0.2) is 0 Å². The molecule has 0 unspecified atom stereocenters. The van der Waals surface area contributed by atoms with Gasteiger partial charge in [0, 0.05) is 0 Å². The number of nitrogens with one attached hydrogen (secondary N) is 1. The minimum Gasteiger partial charge on any atom is -0.505 e. The highest BCUT2D eigenvalue weighted by molar-refractivity contribution is 5.87. The zero-order chi connectivity index (χ0) is 17.3. The molecule has 2 aromatic rings. The van der Waals surface area contributed by atoms with Gasteiger partial charge in [-0.15, -0.1) is 12.4 Å². The predicted molar refractivity (Wildman–Crippen MR) is 90.3 cm³/mol. The molecule has 136 valence electrons. The first-order chi connectivity index (χ1) is 11.4. The summed E-state index contributed by atoms with van der Waals surface area (Å²) in [7, 11) is 1.56. The number of hydrogen-bond acceptors (Lipinski definition) is 6. The number of hydrogen-bond donors (Lipinski definition) is 1. The minimum absolute atomic E-state index is 0. The van der Waals surface area contributed by atoms with Gasteiger partial charge in [-0.3, -0.25) is 5.41 Å². The molecule has 0 saturated carbocycles. The van der Waals surface area contributed by atoms with Crippen LogP contribution < -0.4 is 25.1 Å². The largest absolute Gasteiger partial charge is 0.505 e. The average Bonchev–Trinajstić information content (AvgIpc) is 2.95. The third kappa shape index (κ3) is 3.54. The summed E-state index contributed by atoms with van der Waals surface area (Å²) >= 11 is 0. The van der Waals surface area contributed by atoms with Crippen molar-refractivity contribution in [2.75, 3.05) is 31.8 Å². The van der Waals surface area contributed by atoms with Crippen LogP contribution in [0.4, 0.5) is 5.82 Å². The number of rotatable bonds is 3. The maximum atomic E-state index is 12.8. The summed E-state index contributed by atoms with van der Waals surface area (Å²) in [5.41, 5.74) is -0.0881. The number of methoxy groups -OCH3 is 1. The molecular formula is C16H21ClN4O4. The fourth-order valence-corrected chi connectivity index (χ4v) is 2.73. The molecular weight excluding hydrogens is 348 g/mol. The van der Waals surface area contributed by atoms with Crippen molar-refractivity contribution in [3.05, 3.63) is 35.4 Å². The molecule has 1 N–H and O–H groups in total. The molecule has 25 heavy (non-hydrogen) atoms. The highest BCUT2D eigenvalue weighted by Gasteiger charge is 2.41. The van der Waals surface area contributed by atoms with Crippen LogP contribution in [0.5, 0.6) is 5.75 Å². The molecule has 1 aliphatic heterocycles. The minimum atomic E-state index is -0.373. The SMILES string of the molecule is COc1ccc(C(=O)[n+]2[n-]oc(=N)c2N2CCOCC2(C)C)cc1.Cl. The summed E-state index contributed by atoms with van der Waals surface area (Å²) in [6.07, 6.45) is 0. The van der Waals surface area contributed by atoms with E-state index < -0.39 is 0 Å². The zero-order valence-electron chi connectivity index (χ0n) is 14.3. The number of aromatic nitrogens is 2. The van der Waals surface area contributed by atoms with E-state index in [0.717, 1.165) is 4.68 Å². The maximum absolute atomic E-state index is 12.8. The first-order valence-corrected chi connectivity index (χ1v) is 7.62. The van der Waals surface area contributed by atoms with Crippen LogP contribution in [-0.2, 0) is 4.74 Å². The third-order valence-electron chi connectivity index (χ3n) is 4.05. The molecule has 0 aliphatic carbocycles. The van der Waals surface area contributed by atoms with Crippen molar-refractivity contribution in [2.45, 2.75) is 19.4 Å². The lowest BCUT2D eigenvalue weighted by Gasteiger charge is -2.36. The number of anilines is 1. The van der Waals surface area contributed by atoms with Crippen LogP contribution in [0.3, 0.4) is 0 Å². The van der Waals surface area contributed by atoms with Crippen LogP contribution in [0.2, 0.25) is 0 Å². The molecule has 1 saturated heterocycles. The highest BCUT2D eigenvalue weighted by Crippen LogP contribution is 2.22. The fraction of sp³-hybridized carbons (Fsp3) is 0.438. The molecule has 8 nitrogen and oxygen atoms in total. The van der Waals surface area contributed by atoms with E-state index in [1.165, 1.54) is 0 Å². The van der Waals surface area contributed by atoms with E-state index in [1.54, 1.807) is 31.4 Å². The highest BCUT2D eigenvalue weighted by atomic mass is 35.5. The van der Waals surface area contributed by atoms with Crippen molar-refractivity contribution >= 4 is 24.1 Å². The number of ether oxygens (including phenoxy) is 2. The Kier molecular flexibility index (Phi) is 5.54. The van der Waals surface area contributed by atoms with Crippen molar-refractivity contribution in [1.29, 1.82) is 5.41 Å². The van der Waals surface area contributed by atoms with Gasteiger partial charge in [-0.1, -0.05) is 0 Å². The van der Waals surface area contributed by atoms with Crippen LogP contribution in [0.25, 0.3) is 0 Å². The van der Waals surface area contributed by atoms with Gasteiger partial charge in [0.1, 0.15) is 17.8 Å². The van der Waals surface area contributed by atoms with Gasteiger partial charge in [0.05, 0.1) is 25.9 Å². The molecule has 0 amide bonds. The van der Waals surface area contributed by atoms with Gasteiger partial charge in [0.2, 0.25) is 0 Å². The standard InChI is InChI=1S/C16H20N4O4.ClH/c1-16(2)10-23-9-8-19(16)14-13(17)24-18-20(14)15(21)11-4-6-12(22-3)7-5-11;/h4-7,17H,8-10H2,1-3H3;1H. The summed E-state index contributed by atoms with van der Waals surface area (Å²) in [6, 6.07) is 6.71. The monoisotopic (exact) mass is 368 g/mol. The lowest BCUT2D eigenvalue weighted by Crippen LogP contribution is -2.60. The average molecular weight is 369 g/mol. The Morgan fingerprint density at radius 1 is 1.36 bits per heavy atom. The van der Waals surface area contributed by atoms with Crippen molar-refractivity contribution in [1.82, 2.24) is 5.27 Å². The second kappa shape index (κ2) is 7.28. The van der Waals surface area contributed by atoms with E-state index in [0.29, 0.717) is 36.9 Å². The Hall–Kier alpha value is -2.32. The smallest absolute Gasteiger partial charge is 0.335 e. The molecule has 1 aromatic heterocycles. The molecule has 1 aromatic carbocycles. The number of morpholine rings is 1. The number of carbonyl (C=O) groups excluding carboxylic acids is 1. The van der Waals surface area contributed by atoms with E-state index in [4.69, 9.17) is 19.4 Å². The summed E-state index contributed by atoms with van der Waals surface area (Å²) in [6.45, 7) is 5.54. The third-order valence-corrected chi connectivity index (χ3v) is 4.05. The first kappa shape index (κ1) is 19.0. The van der Waals surface area contributed by atoms with Gasteiger partial charge in [-0.05, 0) is 38.1 Å². The van der Waals surface area contributed by atoms with Gasteiger partial charge in [0.25, 0.3) is 5.55 Å². The van der Waals surface area contributed by atoms with E-state index in [1.807, 2.05) is 18.7 Å². The van der Waals surface area contributed by atoms with E-state index in [9.17, 15) is 4.79 Å². The second-order valence-electron chi connectivity index (χ2n) is 6.19. The van der Waals surface area contributed by atoms with E-state index in [2.05, 4.69) is 5.27 Å². The quantitative estimate of drug-likeness (QED) is 0.803. The Labute approximate surface area is 151 Å². The molecule has 3 rings (SSSR count). The van der Waals surface area contributed by atoms with E-state index in [-0.39, 0.29) is 29.4 Å². The number of halogens is 1. The topological polar surface area (TPSA) is 93.7 Å². The molecule has 1 fully saturated rings. The van der Waals surface area contributed by atoms with Crippen LogP contribution in [0.15, 0.2) is 28.8 Å². The number of carbonyl (C=O) groups is 1. The number of benzene rings is 1. The van der Waals surface area contributed by atoms with Crippen LogP contribution in [0, 0.1) is 5.41 Å². The molecule has 0 spiro atoms. The first-order valence-electron chi connectivity index (χ1n) is 7.62. The van der Waals surface area contributed by atoms with Gasteiger partial charge < -0.3 is 19.3 Å². The van der Waals surface area contributed by atoms with E-state index >= 15 is 0 Å². The number of nitrogens with zero attached hydrogens (tertiary/aromatic N) is 3. The summed E-state index contributed by atoms with van der Waals surface area (Å²) in [4.78, 5) is 14.7. The zero-order valence-corrected chi connectivity index (χ0v) is 15.1. The van der Waals surface area contributed by atoms with Crippen molar-refractivity contribution in [3.8, 4) is 5.75 Å². The predicted octanol–water partition coefficient (Wildman–Crippen LogP) is 0.738. The molecule has 0 radical (unpaired) electrons. The second-order valence-corrected chi connectivity index (χ2v) is 6.19. The molecule has 9 heteroatoms. The summed E-state index contributed by atoms with van der Waals surface area (Å²) in [5, 5.41) is 11.8. The van der Waals surface area contributed by atoms with Gasteiger partial charge in [-0.2, -0.15) is 0 Å². The Bertz CT molecular complexity index is 797. The molecule has 2 heterocycles. The Morgan fingerprint density at radius 2 is 2.04 bits per heavy atom. The summed E-state index contributed by atoms with van der Waals surface area (Å²) in [5.74, 6) is 0.633. The van der Waals surface area contributed by atoms with Crippen molar-refractivity contribution in [2.24, 2.45) is 0 Å². The molecule has 0 bridgehead atoms. The molecule has 1 aliphatic rings. The van der Waals surface area contributed by atoms with Crippen LogP contribution >= 0.6 is 12.4 Å². The van der Waals surface area contributed by atoms with Crippen molar-refractivity contribution < 1.29 is 23.5 Å². The Morgan fingerprint density at radius 3 is 2.64 bits per heavy atom. The van der Waals surface area contributed by atoms with Crippen LogP contribution in [-0.4, -0.2) is 38.3 Å². The lowest BCUT2D eigenvalue weighted by atomic mass is 10.0. The molecule has 0 atom stereocenters. The fourth-order valence-electron chi connectivity index (χ4n) is 2.73. The van der Waals surface area contributed by atoms with Crippen LogP contribution in [0.1, 0.15) is 24.2 Å². The lowest BCUT2D eigenvalue weighted by molar-refractivity contribution is -0.640. The normalized spacial score (nSPS) is 16.2. The van der Waals surface area contributed by atoms with Crippen molar-refractivity contribution in [3.63, 3.8) is 0 Å². The Balaban J connectivity index is 0.00000225. The maximum Gasteiger partial charge on any atom is 0.335 e. The van der Waals surface area contributed by atoms with Gasteiger partial charge >= 0.3 is 11.7 Å².